The standard InChI is InChI=1S/C19H39N5O3.HI/c1-8-9-10-15(13-22-18(26)27-19(4,5)6)24-17(20-7)21-12-11-16(25)23-14(2)3;/h14-15H,8-13H2,1-7H3,(H,22,26)(H,23,25)(H2,20,21,24);1H. The Morgan fingerprint density at radius 2 is 1.75 bits per heavy atom. The Morgan fingerprint density at radius 3 is 2.25 bits per heavy atom. The fraction of sp³-hybridized carbons (Fsp3) is 0.842. The van der Waals surface area contributed by atoms with E-state index in [1.165, 1.54) is 0 Å². The van der Waals surface area contributed by atoms with Gasteiger partial charge in [-0.3, -0.25) is 9.79 Å². The number of ether oxygens (including phenoxy) is 1. The van der Waals surface area contributed by atoms with Gasteiger partial charge in [0.05, 0.1) is 0 Å². The van der Waals surface area contributed by atoms with Crippen LogP contribution in [0.25, 0.3) is 0 Å². The van der Waals surface area contributed by atoms with E-state index in [4.69, 9.17) is 4.74 Å². The molecule has 0 fully saturated rings. The Morgan fingerprint density at radius 1 is 1.11 bits per heavy atom. The summed E-state index contributed by atoms with van der Waals surface area (Å²) in [5.41, 5.74) is -0.523. The molecule has 9 heteroatoms. The first-order valence-electron chi connectivity index (χ1n) is 9.80. The zero-order valence-electron chi connectivity index (χ0n) is 18.5. The quantitative estimate of drug-likeness (QED) is 0.204. The molecule has 0 aliphatic rings. The number of hydrogen-bond donors (Lipinski definition) is 4. The van der Waals surface area contributed by atoms with Gasteiger partial charge < -0.3 is 26.0 Å². The first-order valence-corrected chi connectivity index (χ1v) is 9.80. The fourth-order valence-corrected chi connectivity index (χ4v) is 2.27. The van der Waals surface area contributed by atoms with E-state index in [-0.39, 0.29) is 42.0 Å². The maximum atomic E-state index is 11.9. The number of amides is 2. The Bertz CT molecular complexity index is 479. The topological polar surface area (TPSA) is 104 Å². The van der Waals surface area contributed by atoms with E-state index >= 15 is 0 Å². The molecule has 8 nitrogen and oxygen atoms in total. The maximum absolute atomic E-state index is 11.9. The SMILES string of the molecule is CCCCC(CNC(=O)OC(C)(C)C)NC(=NC)NCCC(=O)NC(C)C.I. The Balaban J connectivity index is 0. The van der Waals surface area contributed by atoms with E-state index in [1.54, 1.807) is 7.05 Å². The van der Waals surface area contributed by atoms with Gasteiger partial charge in [-0.15, -0.1) is 24.0 Å². The van der Waals surface area contributed by atoms with Crippen LogP contribution in [-0.2, 0) is 9.53 Å². The van der Waals surface area contributed by atoms with Crippen LogP contribution in [0.15, 0.2) is 4.99 Å². The van der Waals surface area contributed by atoms with Crippen molar-refractivity contribution in [3.05, 3.63) is 0 Å². The molecule has 166 valence electrons. The zero-order chi connectivity index (χ0) is 20.9. The van der Waals surface area contributed by atoms with Gasteiger partial charge in [-0.05, 0) is 41.0 Å². The molecule has 0 spiro atoms. The molecule has 0 saturated heterocycles. The molecule has 0 bridgehead atoms. The van der Waals surface area contributed by atoms with Gasteiger partial charge in [-0.25, -0.2) is 4.79 Å². The third-order valence-electron chi connectivity index (χ3n) is 3.46. The molecule has 4 N–H and O–H groups in total. The van der Waals surface area contributed by atoms with Crippen molar-refractivity contribution in [3.63, 3.8) is 0 Å². The molecule has 0 heterocycles. The molecule has 0 rings (SSSR count). The fourth-order valence-electron chi connectivity index (χ4n) is 2.27. The lowest BCUT2D eigenvalue weighted by Crippen LogP contribution is -2.49. The molecular formula is C19H40IN5O3. The lowest BCUT2D eigenvalue weighted by molar-refractivity contribution is -0.121. The van der Waals surface area contributed by atoms with Gasteiger partial charge in [0.15, 0.2) is 5.96 Å². The average Bonchev–Trinajstić information content (AvgIpc) is 2.53. The van der Waals surface area contributed by atoms with Crippen LogP contribution in [0.3, 0.4) is 0 Å². The number of unbranched alkanes of at least 4 members (excludes halogenated alkanes) is 1. The van der Waals surface area contributed by atoms with Crippen LogP contribution < -0.4 is 21.3 Å². The lowest BCUT2D eigenvalue weighted by Gasteiger charge is -2.24. The second kappa shape index (κ2) is 15.6. The van der Waals surface area contributed by atoms with Crippen LogP contribution in [0, 0.1) is 0 Å². The monoisotopic (exact) mass is 513 g/mol. The summed E-state index contributed by atoms with van der Waals surface area (Å²) < 4.78 is 5.28. The van der Waals surface area contributed by atoms with E-state index in [2.05, 4.69) is 33.2 Å². The van der Waals surface area contributed by atoms with E-state index in [1.807, 2.05) is 34.6 Å². The van der Waals surface area contributed by atoms with Crippen LogP contribution in [-0.4, -0.2) is 55.8 Å². The van der Waals surface area contributed by atoms with Crippen LogP contribution in [0.4, 0.5) is 4.79 Å². The zero-order valence-corrected chi connectivity index (χ0v) is 20.8. The average molecular weight is 513 g/mol. The number of guanidine groups is 1. The predicted octanol–water partition coefficient (Wildman–Crippen LogP) is 2.77. The molecule has 0 aromatic heterocycles. The van der Waals surface area contributed by atoms with Gasteiger partial charge in [0.25, 0.3) is 0 Å². The lowest BCUT2D eigenvalue weighted by atomic mass is 10.1. The van der Waals surface area contributed by atoms with Crippen molar-refractivity contribution < 1.29 is 14.3 Å². The van der Waals surface area contributed by atoms with E-state index in [0.29, 0.717) is 25.5 Å². The molecule has 0 aromatic rings. The van der Waals surface area contributed by atoms with Crippen molar-refractivity contribution in [2.24, 2.45) is 4.99 Å². The number of alkyl carbamates (subject to hydrolysis) is 1. The maximum Gasteiger partial charge on any atom is 0.407 e. The van der Waals surface area contributed by atoms with Crippen molar-refractivity contribution in [2.45, 2.75) is 84.9 Å². The Hall–Kier alpha value is -1.26. The molecule has 2 amide bonds. The van der Waals surface area contributed by atoms with Gasteiger partial charge in [-0.1, -0.05) is 19.8 Å². The van der Waals surface area contributed by atoms with E-state index in [0.717, 1.165) is 19.3 Å². The predicted molar refractivity (Wildman–Crippen MR) is 125 cm³/mol. The number of carbonyl (C=O) groups is 2. The van der Waals surface area contributed by atoms with Crippen molar-refractivity contribution in [3.8, 4) is 0 Å². The van der Waals surface area contributed by atoms with Crippen LogP contribution in [0.2, 0.25) is 0 Å². The van der Waals surface area contributed by atoms with Gasteiger partial charge in [0, 0.05) is 38.6 Å². The van der Waals surface area contributed by atoms with Gasteiger partial charge in [-0.2, -0.15) is 0 Å². The third-order valence-corrected chi connectivity index (χ3v) is 3.46. The normalized spacial score (nSPS) is 12.6. The summed E-state index contributed by atoms with van der Waals surface area (Å²) in [6.07, 6.45) is 2.92. The number of nitrogens with one attached hydrogen (secondary N) is 4. The second-order valence-electron chi connectivity index (χ2n) is 7.84. The van der Waals surface area contributed by atoms with Crippen molar-refractivity contribution in [1.29, 1.82) is 0 Å². The van der Waals surface area contributed by atoms with Gasteiger partial charge in [0.2, 0.25) is 5.91 Å². The summed E-state index contributed by atoms with van der Waals surface area (Å²) in [7, 11) is 1.68. The minimum Gasteiger partial charge on any atom is -0.444 e. The first kappa shape index (κ1) is 28.9. The molecule has 0 saturated carbocycles. The van der Waals surface area contributed by atoms with Crippen LogP contribution >= 0.6 is 24.0 Å². The second-order valence-corrected chi connectivity index (χ2v) is 7.84. The smallest absolute Gasteiger partial charge is 0.407 e. The number of carbonyl (C=O) groups excluding carboxylic acids is 2. The molecule has 0 radical (unpaired) electrons. The highest BCUT2D eigenvalue weighted by Crippen LogP contribution is 2.07. The highest BCUT2D eigenvalue weighted by molar-refractivity contribution is 14.0. The van der Waals surface area contributed by atoms with E-state index < -0.39 is 11.7 Å². The van der Waals surface area contributed by atoms with Crippen molar-refractivity contribution >= 4 is 41.9 Å². The molecular weight excluding hydrogens is 473 g/mol. The highest BCUT2D eigenvalue weighted by Gasteiger charge is 2.18. The summed E-state index contributed by atoms with van der Waals surface area (Å²) in [6.45, 7) is 12.4. The summed E-state index contributed by atoms with van der Waals surface area (Å²) in [6, 6.07) is 0.153. The van der Waals surface area contributed by atoms with Crippen LogP contribution in [0.1, 0.15) is 67.2 Å². The Labute approximate surface area is 187 Å². The third kappa shape index (κ3) is 16.9. The molecule has 1 atom stereocenters. The first-order chi connectivity index (χ1) is 12.6. The number of rotatable bonds is 10. The van der Waals surface area contributed by atoms with Gasteiger partial charge >= 0.3 is 6.09 Å². The highest BCUT2D eigenvalue weighted by atomic mass is 127. The summed E-state index contributed by atoms with van der Waals surface area (Å²) in [5.74, 6) is 0.613. The molecule has 0 aliphatic heterocycles. The molecule has 0 aliphatic carbocycles. The van der Waals surface area contributed by atoms with Crippen LogP contribution in [0.5, 0.6) is 0 Å². The van der Waals surface area contributed by atoms with Crippen molar-refractivity contribution in [2.75, 3.05) is 20.1 Å². The summed E-state index contributed by atoms with van der Waals surface area (Å²) in [5, 5.41) is 12.1. The summed E-state index contributed by atoms with van der Waals surface area (Å²) >= 11 is 0. The largest absolute Gasteiger partial charge is 0.444 e. The minimum atomic E-state index is -0.523. The number of halogens is 1. The molecule has 1 unspecified atom stereocenters. The number of hydrogen-bond acceptors (Lipinski definition) is 4. The molecule has 28 heavy (non-hydrogen) atoms. The minimum absolute atomic E-state index is 0. The van der Waals surface area contributed by atoms with Crippen molar-refractivity contribution in [1.82, 2.24) is 21.3 Å². The molecule has 0 aromatic carbocycles. The number of nitrogens with zero attached hydrogens (tertiary/aromatic N) is 1. The Kier molecular flexibility index (Phi) is 16.2. The van der Waals surface area contributed by atoms with Gasteiger partial charge in [0.1, 0.15) is 5.60 Å². The summed E-state index contributed by atoms with van der Waals surface area (Å²) in [4.78, 5) is 27.8. The number of aliphatic imine (C=N–C) groups is 1. The van der Waals surface area contributed by atoms with E-state index in [9.17, 15) is 9.59 Å².